The maximum Gasteiger partial charge on any atom is 0.211 e. The lowest BCUT2D eigenvalue weighted by atomic mass is 10.2. The van der Waals surface area contributed by atoms with Gasteiger partial charge in [0.15, 0.2) is 0 Å². The molecule has 4 heteroatoms. The molecule has 1 amide bonds. The minimum Gasteiger partial charge on any atom is -0.327 e. The van der Waals surface area contributed by atoms with Gasteiger partial charge < -0.3 is 5.32 Å². The number of carbonyl (C=O) groups excluding carboxylic acids is 1. The third kappa shape index (κ3) is 1.74. The minimum atomic E-state index is 0.362. The predicted molar refractivity (Wildman–Crippen MR) is 45.9 cm³/mol. The number of rotatable bonds is 2. The van der Waals surface area contributed by atoms with Crippen LogP contribution in [-0.4, -0.2) is 6.41 Å². The van der Waals surface area contributed by atoms with E-state index in [9.17, 15) is 4.79 Å². The highest BCUT2D eigenvalue weighted by Crippen LogP contribution is 2.21. The summed E-state index contributed by atoms with van der Waals surface area (Å²) >= 11 is 5.71. The van der Waals surface area contributed by atoms with Gasteiger partial charge in [0, 0.05) is 0 Å². The Labute approximate surface area is 74.6 Å². The number of halogens is 1. The Hall–Kier alpha value is -1.53. The molecule has 0 aliphatic heterocycles. The summed E-state index contributed by atoms with van der Waals surface area (Å²) in [6.07, 6.45) is 0.535. The van der Waals surface area contributed by atoms with Crippen molar-refractivity contribution in [3.8, 4) is 6.07 Å². The van der Waals surface area contributed by atoms with Gasteiger partial charge >= 0.3 is 0 Å². The van der Waals surface area contributed by atoms with Crippen LogP contribution in [0.25, 0.3) is 0 Å². The second kappa shape index (κ2) is 3.74. The molecule has 0 unspecified atom stereocenters. The molecule has 0 heterocycles. The fourth-order valence-electron chi connectivity index (χ4n) is 0.765. The number of anilines is 1. The van der Waals surface area contributed by atoms with Crippen molar-refractivity contribution in [2.24, 2.45) is 0 Å². The molecule has 0 bridgehead atoms. The van der Waals surface area contributed by atoms with Crippen LogP contribution in [0.15, 0.2) is 18.2 Å². The number of amides is 1. The second-order valence-electron chi connectivity index (χ2n) is 2.07. The fourth-order valence-corrected chi connectivity index (χ4v) is 1.00. The molecule has 1 N–H and O–H groups in total. The smallest absolute Gasteiger partial charge is 0.211 e. The maximum atomic E-state index is 10.0. The zero-order valence-corrected chi connectivity index (χ0v) is 6.80. The zero-order valence-electron chi connectivity index (χ0n) is 6.04. The number of nitriles is 1. The van der Waals surface area contributed by atoms with E-state index >= 15 is 0 Å². The second-order valence-corrected chi connectivity index (χ2v) is 2.48. The summed E-state index contributed by atoms with van der Waals surface area (Å²) in [6, 6.07) is 6.59. The monoisotopic (exact) mass is 180 g/mol. The number of nitrogens with one attached hydrogen (secondary N) is 1. The van der Waals surface area contributed by atoms with Crippen molar-refractivity contribution < 1.29 is 4.79 Å². The Balaban J connectivity index is 3.04. The van der Waals surface area contributed by atoms with Gasteiger partial charge in [0.25, 0.3) is 0 Å². The number of hydrogen-bond acceptors (Lipinski definition) is 2. The van der Waals surface area contributed by atoms with Crippen LogP contribution in [0.1, 0.15) is 5.56 Å². The number of hydrogen-bond donors (Lipinski definition) is 1. The van der Waals surface area contributed by atoms with Crippen LogP contribution in [-0.2, 0) is 4.79 Å². The molecule has 0 aliphatic carbocycles. The highest BCUT2D eigenvalue weighted by molar-refractivity contribution is 6.33. The molecule has 0 aliphatic rings. The van der Waals surface area contributed by atoms with Gasteiger partial charge in [-0.1, -0.05) is 11.6 Å². The van der Waals surface area contributed by atoms with Gasteiger partial charge in [-0.25, -0.2) is 0 Å². The number of nitrogens with zero attached hydrogens (tertiary/aromatic N) is 1. The van der Waals surface area contributed by atoms with Crippen molar-refractivity contribution in [3.63, 3.8) is 0 Å². The van der Waals surface area contributed by atoms with E-state index < -0.39 is 0 Å². The molecule has 1 aromatic carbocycles. The zero-order chi connectivity index (χ0) is 8.97. The van der Waals surface area contributed by atoms with Crippen LogP contribution < -0.4 is 5.32 Å². The van der Waals surface area contributed by atoms with Crippen molar-refractivity contribution >= 4 is 23.7 Å². The minimum absolute atomic E-state index is 0.362. The highest BCUT2D eigenvalue weighted by atomic mass is 35.5. The predicted octanol–water partition coefficient (Wildman–Crippen LogP) is 1.78. The number of benzene rings is 1. The molecular weight excluding hydrogens is 176 g/mol. The summed E-state index contributed by atoms with van der Waals surface area (Å²) < 4.78 is 0. The average molecular weight is 181 g/mol. The molecule has 0 aromatic heterocycles. The molecule has 3 nitrogen and oxygen atoms in total. The van der Waals surface area contributed by atoms with Crippen molar-refractivity contribution in [3.05, 3.63) is 28.8 Å². The van der Waals surface area contributed by atoms with Gasteiger partial charge in [0.1, 0.15) is 0 Å². The summed E-state index contributed by atoms with van der Waals surface area (Å²) in [5.41, 5.74) is 0.974. The molecule has 12 heavy (non-hydrogen) atoms. The van der Waals surface area contributed by atoms with E-state index in [1.54, 1.807) is 12.1 Å². The SMILES string of the molecule is N#Cc1ccc(NC=O)c(Cl)c1. The fraction of sp³-hybridized carbons (Fsp3) is 0. The average Bonchev–Trinajstić information content (AvgIpc) is 2.09. The van der Waals surface area contributed by atoms with E-state index in [-0.39, 0.29) is 0 Å². The standard InChI is InChI=1S/C8H5ClN2O/c9-7-3-6(4-10)1-2-8(7)11-5-12/h1-3,5H,(H,11,12). The quantitative estimate of drug-likeness (QED) is 0.706. The van der Waals surface area contributed by atoms with Gasteiger partial charge in [0.05, 0.1) is 22.3 Å². The van der Waals surface area contributed by atoms with E-state index in [1.807, 2.05) is 6.07 Å². The van der Waals surface area contributed by atoms with Gasteiger partial charge in [-0.3, -0.25) is 4.79 Å². The molecule has 0 atom stereocenters. The third-order valence-corrected chi connectivity index (χ3v) is 1.63. The van der Waals surface area contributed by atoms with Crippen molar-refractivity contribution in [1.29, 1.82) is 5.26 Å². The number of carbonyl (C=O) groups is 1. The van der Waals surface area contributed by atoms with Crippen molar-refractivity contribution in [2.45, 2.75) is 0 Å². The van der Waals surface area contributed by atoms with Crippen LogP contribution in [0.5, 0.6) is 0 Å². The Morgan fingerprint density at radius 1 is 1.58 bits per heavy atom. The van der Waals surface area contributed by atoms with Gasteiger partial charge in [0.2, 0.25) is 6.41 Å². The van der Waals surface area contributed by atoms with Crippen LogP contribution in [0.2, 0.25) is 5.02 Å². The summed E-state index contributed by atoms with van der Waals surface area (Å²) in [4.78, 5) is 10.0. The Morgan fingerprint density at radius 2 is 2.33 bits per heavy atom. The Morgan fingerprint density at radius 3 is 2.83 bits per heavy atom. The van der Waals surface area contributed by atoms with E-state index in [4.69, 9.17) is 16.9 Å². The molecule has 0 saturated heterocycles. The van der Waals surface area contributed by atoms with Crippen LogP contribution >= 0.6 is 11.6 Å². The summed E-state index contributed by atoms with van der Waals surface area (Å²) in [5.74, 6) is 0. The molecule has 0 radical (unpaired) electrons. The van der Waals surface area contributed by atoms with Gasteiger partial charge in [-0.05, 0) is 18.2 Å². The molecule has 0 spiro atoms. The first-order valence-electron chi connectivity index (χ1n) is 3.18. The lowest BCUT2D eigenvalue weighted by molar-refractivity contribution is -0.105. The molecular formula is C8H5ClN2O. The van der Waals surface area contributed by atoms with Gasteiger partial charge in [-0.2, -0.15) is 5.26 Å². The van der Waals surface area contributed by atoms with Crippen LogP contribution in [0.3, 0.4) is 0 Å². The molecule has 60 valence electrons. The van der Waals surface area contributed by atoms with E-state index in [0.29, 0.717) is 22.7 Å². The molecule has 0 saturated carbocycles. The van der Waals surface area contributed by atoms with Crippen LogP contribution in [0, 0.1) is 11.3 Å². The Bertz CT molecular complexity index is 343. The highest BCUT2D eigenvalue weighted by Gasteiger charge is 1.99. The van der Waals surface area contributed by atoms with E-state index in [0.717, 1.165) is 0 Å². The normalized spacial score (nSPS) is 8.67. The maximum absolute atomic E-state index is 10.0. The van der Waals surface area contributed by atoms with E-state index in [2.05, 4.69) is 5.32 Å². The largest absolute Gasteiger partial charge is 0.327 e. The lowest BCUT2D eigenvalue weighted by Gasteiger charge is -2.00. The third-order valence-electron chi connectivity index (χ3n) is 1.31. The first-order chi connectivity index (χ1) is 5.77. The van der Waals surface area contributed by atoms with E-state index in [1.165, 1.54) is 6.07 Å². The molecule has 1 rings (SSSR count). The first kappa shape index (κ1) is 8.57. The van der Waals surface area contributed by atoms with Crippen LogP contribution in [0.4, 0.5) is 5.69 Å². The topological polar surface area (TPSA) is 52.9 Å². The van der Waals surface area contributed by atoms with Crippen molar-refractivity contribution in [1.82, 2.24) is 0 Å². The summed E-state index contributed by atoms with van der Waals surface area (Å²) in [6.45, 7) is 0. The molecule has 0 fully saturated rings. The molecule has 1 aromatic rings. The lowest BCUT2D eigenvalue weighted by Crippen LogP contribution is -1.94. The summed E-state index contributed by atoms with van der Waals surface area (Å²) in [5, 5.41) is 11.3. The Kier molecular flexibility index (Phi) is 2.67. The summed E-state index contributed by atoms with van der Waals surface area (Å²) in [7, 11) is 0. The van der Waals surface area contributed by atoms with Gasteiger partial charge in [-0.15, -0.1) is 0 Å². The van der Waals surface area contributed by atoms with Crippen molar-refractivity contribution in [2.75, 3.05) is 5.32 Å². The first-order valence-corrected chi connectivity index (χ1v) is 3.55.